The van der Waals surface area contributed by atoms with Crippen molar-refractivity contribution in [3.05, 3.63) is 29.8 Å². The predicted molar refractivity (Wildman–Crippen MR) is 93.5 cm³/mol. The van der Waals surface area contributed by atoms with Crippen molar-refractivity contribution < 1.29 is 32.2 Å². The maximum Gasteiger partial charge on any atom is 0.573 e. The van der Waals surface area contributed by atoms with Crippen LogP contribution in [-0.2, 0) is 14.3 Å². The SMILES string of the molecule is COC(=O)CC(NC(=O)CC1CCCN1)c1ccc(OC(F)(F)F)cc1.Cl. The minimum absolute atomic E-state index is 0. The zero-order valence-corrected chi connectivity index (χ0v) is 15.5. The van der Waals surface area contributed by atoms with Crippen LogP contribution in [0.4, 0.5) is 13.2 Å². The fraction of sp³-hybridized carbons (Fsp3) is 0.529. The van der Waals surface area contributed by atoms with Crippen LogP contribution in [0, 0.1) is 0 Å². The number of halogens is 4. The third kappa shape index (κ3) is 8.04. The van der Waals surface area contributed by atoms with Gasteiger partial charge in [0.1, 0.15) is 5.75 Å². The van der Waals surface area contributed by atoms with Gasteiger partial charge in [-0.05, 0) is 37.1 Å². The van der Waals surface area contributed by atoms with E-state index in [4.69, 9.17) is 0 Å². The second-order valence-electron chi connectivity index (χ2n) is 6.01. The summed E-state index contributed by atoms with van der Waals surface area (Å²) >= 11 is 0. The summed E-state index contributed by atoms with van der Waals surface area (Å²) in [6.07, 6.45) is -2.73. The molecule has 0 saturated carbocycles. The number of ether oxygens (including phenoxy) is 2. The van der Waals surface area contributed by atoms with Crippen LogP contribution in [0.25, 0.3) is 0 Å². The summed E-state index contributed by atoms with van der Waals surface area (Å²) in [5, 5.41) is 5.96. The van der Waals surface area contributed by atoms with E-state index in [-0.39, 0.29) is 42.9 Å². The third-order valence-corrected chi connectivity index (χ3v) is 4.04. The molecule has 0 aromatic heterocycles. The lowest BCUT2D eigenvalue weighted by atomic mass is 10.0. The van der Waals surface area contributed by atoms with Crippen LogP contribution in [0.5, 0.6) is 5.75 Å². The van der Waals surface area contributed by atoms with Crippen LogP contribution in [0.15, 0.2) is 24.3 Å². The Morgan fingerprint density at radius 1 is 1.30 bits per heavy atom. The van der Waals surface area contributed by atoms with E-state index in [0.29, 0.717) is 5.56 Å². The number of esters is 1. The molecule has 10 heteroatoms. The van der Waals surface area contributed by atoms with Crippen molar-refractivity contribution in [2.75, 3.05) is 13.7 Å². The first kappa shape index (κ1) is 23.0. The number of amides is 1. The van der Waals surface area contributed by atoms with Gasteiger partial charge in [-0.15, -0.1) is 25.6 Å². The van der Waals surface area contributed by atoms with Gasteiger partial charge in [-0.25, -0.2) is 0 Å². The normalized spacial score (nSPS) is 17.6. The number of hydrogen-bond donors (Lipinski definition) is 2. The van der Waals surface area contributed by atoms with E-state index in [1.54, 1.807) is 0 Å². The smallest absolute Gasteiger partial charge is 0.469 e. The minimum atomic E-state index is -4.78. The third-order valence-electron chi connectivity index (χ3n) is 4.04. The molecule has 0 radical (unpaired) electrons. The summed E-state index contributed by atoms with van der Waals surface area (Å²) in [5.41, 5.74) is 0.484. The molecule has 6 nitrogen and oxygen atoms in total. The Kier molecular flexibility index (Phi) is 8.84. The first-order chi connectivity index (χ1) is 12.3. The molecule has 1 aliphatic heterocycles. The number of hydrogen-bond acceptors (Lipinski definition) is 5. The fourth-order valence-electron chi connectivity index (χ4n) is 2.81. The molecule has 1 fully saturated rings. The average Bonchev–Trinajstić information content (AvgIpc) is 3.06. The fourth-order valence-corrected chi connectivity index (χ4v) is 2.81. The van der Waals surface area contributed by atoms with Gasteiger partial charge < -0.3 is 20.1 Å². The Bertz CT molecular complexity index is 620. The highest BCUT2D eigenvalue weighted by Gasteiger charge is 2.31. The van der Waals surface area contributed by atoms with Crippen LogP contribution in [0.3, 0.4) is 0 Å². The highest BCUT2D eigenvalue weighted by molar-refractivity contribution is 5.85. The summed E-state index contributed by atoms with van der Waals surface area (Å²) in [5.74, 6) is -1.15. The van der Waals surface area contributed by atoms with Crippen molar-refractivity contribution in [1.29, 1.82) is 0 Å². The molecule has 2 unspecified atom stereocenters. The summed E-state index contributed by atoms with van der Waals surface area (Å²) in [4.78, 5) is 23.8. The van der Waals surface area contributed by atoms with E-state index in [1.807, 2.05) is 0 Å². The number of rotatable bonds is 7. The molecule has 2 N–H and O–H groups in total. The average molecular weight is 411 g/mol. The molecule has 0 bridgehead atoms. The zero-order valence-electron chi connectivity index (χ0n) is 14.7. The maximum atomic E-state index is 12.2. The Balaban J connectivity index is 0.00000364. The van der Waals surface area contributed by atoms with Gasteiger partial charge in [0.15, 0.2) is 0 Å². The summed E-state index contributed by atoms with van der Waals surface area (Å²) in [7, 11) is 1.23. The molecular weight excluding hydrogens is 389 g/mol. The first-order valence-electron chi connectivity index (χ1n) is 8.22. The van der Waals surface area contributed by atoms with Crippen LogP contribution in [0.2, 0.25) is 0 Å². The Hall–Kier alpha value is -2.00. The van der Waals surface area contributed by atoms with E-state index in [1.165, 1.54) is 19.2 Å². The van der Waals surface area contributed by atoms with E-state index in [9.17, 15) is 22.8 Å². The number of benzene rings is 1. The van der Waals surface area contributed by atoms with Gasteiger partial charge in [0, 0.05) is 12.5 Å². The van der Waals surface area contributed by atoms with Gasteiger partial charge in [0.05, 0.1) is 19.6 Å². The Morgan fingerprint density at radius 3 is 2.48 bits per heavy atom. The second kappa shape index (κ2) is 10.4. The quantitative estimate of drug-likeness (QED) is 0.676. The standard InChI is InChI=1S/C17H21F3N2O4.ClH/c1-25-16(24)10-14(22-15(23)9-12-3-2-8-21-12)11-4-6-13(7-5-11)26-17(18,19)20;/h4-7,12,14,21H,2-3,8-10H2,1H3,(H,22,23);1H. The highest BCUT2D eigenvalue weighted by atomic mass is 35.5. The molecule has 0 aliphatic carbocycles. The molecule has 1 aromatic rings. The largest absolute Gasteiger partial charge is 0.573 e. The number of methoxy groups -OCH3 is 1. The molecular formula is C17H22ClF3N2O4. The van der Waals surface area contributed by atoms with E-state index < -0.39 is 18.4 Å². The molecule has 152 valence electrons. The van der Waals surface area contributed by atoms with Gasteiger partial charge >= 0.3 is 12.3 Å². The maximum absolute atomic E-state index is 12.2. The van der Waals surface area contributed by atoms with Crippen LogP contribution >= 0.6 is 12.4 Å². The summed E-state index contributed by atoms with van der Waals surface area (Å²) < 4.78 is 45.2. The topological polar surface area (TPSA) is 76.7 Å². The van der Waals surface area contributed by atoms with Crippen molar-refractivity contribution in [3.63, 3.8) is 0 Å². The van der Waals surface area contributed by atoms with Gasteiger partial charge in [-0.2, -0.15) is 0 Å². The predicted octanol–water partition coefficient (Wildman–Crippen LogP) is 2.87. The number of nitrogens with one attached hydrogen (secondary N) is 2. The van der Waals surface area contributed by atoms with Gasteiger partial charge in [-0.3, -0.25) is 9.59 Å². The van der Waals surface area contributed by atoms with E-state index in [0.717, 1.165) is 31.5 Å². The minimum Gasteiger partial charge on any atom is -0.469 e. The highest BCUT2D eigenvalue weighted by Crippen LogP contribution is 2.26. The molecule has 1 amide bonds. The number of carbonyl (C=O) groups is 2. The molecule has 27 heavy (non-hydrogen) atoms. The molecule has 1 saturated heterocycles. The van der Waals surface area contributed by atoms with Crippen LogP contribution in [-0.4, -0.2) is 37.9 Å². The van der Waals surface area contributed by atoms with Gasteiger partial charge in [0.25, 0.3) is 0 Å². The molecule has 1 heterocycles. The van der Waals surface area contributed by atoms with Gasteiger partial charge in [-0.1, -0.05) is 12.1 Å². The summed E-state index contributed by atoms with van der Waals surface area (Å²) in [6, 6.07) is 4.42. The van der Waals surface area contributed by atoms with E-state index in [2.05, 4.69) is 20.1 Å². The van der Waals surface area contributed by atoms with Crippen molar-refractivity contribution in [2.24, 2.45) is 0 Å². The monoisotopic (exact) mass is 410 g/mol. The molecule has 2 rings (SSSR count). The van der Waals surface area contributed by atoms with Crippen LogP contribution < -0.4 is 15.4 Å². The lowest BCUT2D eigenvalue weighted by molar-refractivity contribution is -0.274. The molecule has 2 atom stereocenters. The Morgan fingerprint density at radius 2 is 1.96 bits per heavy atom. The lowest BCUT2D eigenvalue weighted by Gasteiger charge is -2.20. The zero-order chi connectivity index (χ0) is 19.2. The lowest BCUT2D eigenvalue weighted by Crippen LogP contribution is -2.35. The number of carbonyl (C=O) groups excluding carboxylic acids is 2. The van der Waals surface area contributed by atoms with E-state index >= 15 is 0 Å². The molecule has 0 spiro atoms. The van der Waals surface area contributed by atoms with Crippen molar-refractivity contribution in [1.82, 2.24) is 10.6 Å². The summed E-state index contributed by atoms with van der Waals surface area (Å²) in [6.45, 7) is 0.865. The number of alkyl halides is 3. The van der Waals surface area contributed by atoms with Crippen molar-refractivity contribution >= 4 is 24.3 Å². The van der Waals surface area contributed by atoms with Crippen LogP contribution in [0.1, 0.15) is 37.3 Å². The van der Waals surface area contributed by atoms with Gasteiger partial charge in [0.2, 0.25) is 5.91 Å². The molecule has 1 aromatic carbocycles. The Labute approximate surface area is 161 Å². The first-order valence-corrected chi connectivity index (χ1v) is 8.22. The second-order valence-corrected chi connectivity index (χ2v) is 6.01. The van der Waals surface area contributed by atoms with Crippen molar-refractivity contribution in [3.8, 4) is 5.75 Å². The molecule has 1 aliphatic rings. The van der Waals surface area contributed by atoms with Crippen molar-refractivity contribution in [2.45, 2.75) is 44.1 Å².